The largest absolute Gasteiger partial charge is 0.325 e. The first kappa shape index (κ1) is 15.1. The highest BCUT2D eigenvalue weighted by molar-refractivity contribution is 5.91. The molecule has 0 aliphatic rings. The molecule has 1 amide bonds. The molecule has 0 atom stereocenters. The molecule has 0 radical (unpaired) electrons. The molecule has 3 aromatic rings. The zero-order valence-corrected chi connectivity index (χ0v) is 13.4. The summed E-state index contributed by atoms with van der Waals surface area (Å²) in [6, 6.07) is 1.87. The monoisotopic (exact) mass is 310 g/mol. The second-order valence-corrected chi connectivity index (χ2v) is 5.47. The maximum atomic E-state index is 12.2. The van der Waals surface area contributed by atoms with E-state index in [1.54, 1.807) is 16.9 Å². The van der Waals surface area contributed by atoms with Crippen molar-refractivity contribution in [3.63, 3.8) is 0 Å². The third-order valence-corrected chi connectivity index (χ3v) is 3.90. The molecule has 0 bridgehead atoms. The van der Waals surface area contributed by atoms with E-state index in [9.17, 15) is 4.79 Å². The summed E-state index contributed by atoms with van der Waals surface area (Å²) in [6.07, 6.45) is 5.82. The van der Waals surface area contributed by atoms with Crippen molar-refractivity contribution in [2.75, 3.05) is 5.32 Å². The number of nitrogens with one attached hydrogen (secondary N) is 1. The molecule has 7 heteroatoms. The molecule has 0 saturated heterocycles. The van der Waals surface area contributed by atoms with Gasteiger partial charge in [-0.3, -0.25) is 9.78 Å². The van der Waals surface area contributed by atoms with Crippen molar-refractivity contribution in [2.24, 2.45) is 0 Å². The zero-order valence-electron chi connectivity index (χ0n) is 13.4. The molecule has 118 valence electrons. The van der Waals surface area contributed by atoms with E-state index in [1.807, 2.05) is 26.8 Å². The summed E-state index contributed by atoms with van der Waals surface area (Å²) in [5.74, 6) is 0.540. The van der Waals surface area contributed by atoms with Gasteiger partial charge in [0.1, 0.15) is 6.33 Å². The molecule has 0 unspecified atom stereocenters. The Morgan fingerprint density at radius 1 is 1.30 bits per heavy atom. The Labute approximate surface area is 133 Å². The fourth-order valence-electron chi connectivity index (χ4n) is 2.56. The van der Waals surface area contributed by atoms with E-state index < -0.39 is 0 Å². The maximum absolute atomic E-state index is 12.2. The van der Waals surface area contributed by atoms with Crippen LogP contribution in [0.5, 0.6) is 0 Å². The first-order valence-electron chi connectivity index (χ1n) is 7.42. The summed E-state index contributed by atoms with van der Waals surface area (Å²) in [5, 5.41) is 7.06. The Morgan fingerprint density at radius 3 is 2.91 bits per heavy atom. The molecule has 0 aromatic carbocycles. The minimum Gasteiger partial charge on any atom is -0.325 e. The molecule has 0 fully saturated rings. The third-order valence-electron chi connectivity index (χ3n) is 3.90. The number of amides is 1. The molecule has 0 aliphatic heterocycles. The topological polar surface area (TPSA) is 85.1 Å². The van der Waals surface area contributed by atoms with Gasteiger partial charge in [0.05, 0.1) is 11.9 Å². The number of hydrogen-bond donors (Lipinski definition) is 1. The van der Waals surface area contributed by atoms with Crippen molar-refractivity contribution in [1.29, 1.82) is 0 Å². The van der Waals surface area contributed by atoms with Crippen LogP contribution >= 0.6 is 0 Å². The van der Waals surface area contributed by atoms with Crippen LogP contribution in [0, 0.1) is 20.8 Å². The fraction of sp³-hybridized carbons (Fsp3) is 0.312. The van der Waals surface area contributed by atoms with Gasteiger partial charge in [-0.1, -0.05) is 0 Å². The van der Waals surface area contributed by atoms with Gasteiger partial charge >= 0.3 is 0 Å². The van der Waals surface area contributed by atoms with E-state index in [-0.39, 0.29) is 5.91 Å². The van der Waals surface area contributed by atoms with E-state index in [4.69, 9.17) is 0 Å². The van der Waals surface area contributed by atoms with Gasteiger partial charge in [0, 0.05) is 24.0 Å². The molecule has 7 nitrogen and oxygen atoms in total. The molecule has 23 heavy (non-hydrogen) atoms. The van der Waals surface area contributed by atoms with Crippen molar-refractivity contribution in [2.45, 2.75) is 33.6 Å². The molecule has 3 aromatic heterocycles. The predicted molar refractivity (Wildman–Crippen MR) is 86.2 cm³/mol. The van der Waals surface area contributed by atoms with E-state index in [0.717, 1.165) is 28.2 Å². The number of rotatable bonds is 4. The second kappa shape index (κ2) is 6.12. The van der Waals surface area contributed by atoms with Crippen molar-refractivity contribution < 1.29 is 4.79 Å². The van der Waals surface area contributed by atoms with E-state index in [1.165, 1.54) is 6.33 Å². The van der Waals surface area contributed by atoms with Crippen LogP contribution in [-0.2, 0) is 11.2 Å². The van der Waals surface area contributed by atoms with E-state index in [2.05, 4.69) is 25.4 Å². The van der Waals surface area contributed by atoms with Crippen molar-refractivity contribution in [3.8, 4) is 0 Å². The molecule has 3 heterocycles. The Hall–Kier alpha value is -2.83. The molecular weight excluding hydrogens is 292 g/mol. The van der Waals surface area contributed by atoms with E-state index in [0.29, 0.717) is 18.6 Å². The Morgan fingerprint density at radius 2 is 2.13 bits per heavy atom. The normalized spacial score (nSPS) is 10.9. The summed E-state index contributed by atoms with van der Waals surface area (Å²) in [6.45, 7) is 5.84. The van der Waals surface area contributed by atoms with Gasteiger partial charge in [0.15, 0.2) is 0 Å². The van der Waals surface area contributed by atoms with Crippen LogP contribution < -0.4 is 5.32 Å². The van der Waals surface area contributed by atoms with Gasteiger partial charge in [0.2, 0.25) is 5.91 Å². The molecule has 1 N–H and O–H groups in total. The number of anilines is 1. The van der Waals surface area contributed by atoms with Crippen LogP contribution in [0.3, 0.4) is 0 Å². The van der Waals surface area contributed by atoms with E-state index >= 15 is 0 Å². The van der Waals surface area contributed by atoms with Crippen molar-refractivity contribution >= 4 is 17.4 Å². The summed E-state index contributed by atoms with van der Waals surface area (Å²) in [4.78, 5) is 24.7. The number of pyridine rings is 1. The standard InChI is InChI=1S/C16H18N6O/c1-10-6-7-17-8-14(10)21-15(23)5-4-13-11(2)20-16-18-9-19-22(16)12(13)3/h6-9H,4-5H2,1-3H3,(H,21,23). The molecule has 0 spiro atoms. The lowest BCUT2D eigenvalue weighted by atomic mass is 10.1. The number of carbonyl (C=O) groups excluding carboxylic acids is 1. The summed E-state index contributed by atoms with van der Waals surface area (Å²) < 4.78 is 1.70. The number of aromatic nitrogens is 5. The van der Waals surface area contributed by atoms with Gasteiger partial charge in [-0.25, -0.2) is 9.50 Å². The highest BCUT2D eigenvalue weighted by Crippen LogP contribution is 2.16. The number of fused-ring (bicyclic) bond motifs is 1. The summed E-state index contributed by atoms with van der Waals surface area (Å²) in [5.41, 5.74) is 4.62. The van der Waals surface area contributed by atoms with Gasteiger partial charge in [-0.05, 0) is 44.4 Å². The number of carbonyl (C=O) groups is 1. The first-order chi connectivity index (χ1) is 11.1. The zero-order chi connectivity index (χ0) is 16.4. The quantitative estimate of drug-likeness (QED) is 0.797. The summed E-state index contributed by atoms with van der Waals surface area (Å²) >= 11 is 0. The number of hydrogen-bond acceptors (Lipinski definition) is 5. The van der Waals surface area contributed by atoms with Crippen LogP contribution in [0.4, 0.5) is 5.69 Å². The lowest BCUT2D eigenvalue weighted by Crippen LogP contribution is -2.15. The lowest BCUT2D eigenvalue weighted by molar-refractivity contribution is -0.116. The average Bonchev–Trinajstić information content (AvgIpc) is 2.98. The van der Waals surface area contributed by atoms with Crippen LogP contribution in [0.2, 0.25) is 0 Å². The van der Waals surface area contributed by atoms with Crippen molar-refractivity contribution in [1.82, 2.24) is 24.6 Å². The number of aryl methyl sites for hydroxylation is 3. The predicted octanol–water partition coefficient (Wildman–Crippen LogP) is 2.02. The third kappa shape index (κ3) is 3.03. The smallest absolute Gasteiger partial charge is 0.252 e. The molecule has 3 rings (SSSR count). The highest BCUT2D eigenvalue weighted by atomic mass is 16.1. The Kier molecular flexibility index (Phi) is 4.01. The second-order valence-electron chi connectivity index (χ2n) is 5.47. The molecule has 0 saturated carbocycles. The average molecular weight is 310 g/mol. The Bertz CT molecular complexity index is 870. The Balaban J connectivity index is 1.73. The minimum absolute atomic E-state index is 0.0430. The van der Waals surface area contributed by atoms with Crippen LogP contribution in [-0.4, -0.2) is 30.5 Å². The van der Waals surface area contributed by atoms with Gasteiger partial charge in [-0.15, -0.1) is 0 Å². The highest BCUT2D eigenvalue weighted by Gasteiger charge is 2.13. The van der Waals surface area contributed by atoms with Gasteiger partial charge < -0.3 is 5.32 Å². The van der Waals surface area contributed by atoms with Gasteiger partial charge in [-0.2, -0.15) is 10.1 Å². The van der Waals surface area contributed by atoms with Crippen LogP contribution in [0.1, 0.15) is 28.9 Å². The maximum Gasteiger partial charge on any atom is 0.252 e. The van der Waals surface area contributed by atoms with Crippen LogP contribution in [0.15, 0.2) is 24.8 Å². The SMILES string of the molecule is Cc1ccncc1NC(=O)CCc1c(C)nc2ncnn2c1C. The van der Waals surface area contributed by atoms with Crippen molar-refractivity contribution in [3.05, 3.63) is 47.3 Å². The number of nitrogens with zero attached hydrogens (tertiary/aromatic N) is 5. The summed E-state index contributed by atoms with van der Waals surface area (Å²) in [7, 11) is 0. The van der Waals surface area contributed by atoms with Gasteiger partial charge in [0.25, 0.3) is 5.78 Å². The lowest BCUT2D eigenvalue weighted by Gasteiger charge is -2.11. The minimum atomic E-state index is -0.0430. The molecule has 0 aliphatic carbocycles. The fourth-order valence-corrected chi connectivity index (χ4v) is 2.56. The van der Waals surface area contributed by atoms with Crippen LogP contribution in [0.25, 0.3) is 5.78 Å². The first-order valence-corrected chi connectivity index (χ1v) is 7.42. The molecular formula is C16H18N6O.